The molecule has 1 fully saturated rings. The van der Waals surface area contributed by atoms with E-state index in [1.807, 2.05) is 31.2 Å². The van der Waals surface area contributed by atoms with E-state index in [2.05, 4.69) is 39.1 Å². The van der Waals surface area contributed by atoms with Crippen LogP contribution in [0.25, 0.3) is 11.4 Å². The van der Waals surface area contributed by atoms with Crippen molar-refractivity contribution in [3.05, 3.63) is 35.7 Å². The van der Waals surface area contributed by atoms with Crippen molar-refractivity contribution in [1.82, 2.24) is 25.3 Å². The summed E-state index contributed by atoms with van der Waals surface area (Å²) in [6.45, 7) is 11.0. The van der Waals surface area contributed by atoms with Crippen LogP contribution < -0.4 is 5.32 Å². The molecule has 1 aliphatic rings. The number of hydrogen-bond donors (Lipinski definition) is 1. The highest BCUT2D eigenvalue weighted by molar-refractivity contribution is 5.81. The minimum atomic E-state index is -0.0877. The summed E-state index contributed by atoms with van der Waals surface area (Å²) in [4.78, 5) is 21.2. The van der Waals surface area contributed by atoms with E-state index >= 15 is 0 Å². The van der Waals surface area contributed by atoms with Crippen LogP contribution in [0, 0.1) is 6.92 Å². The Morgan fingerprint density at radius 3 is 2.59 bits per heavy atom. The number of amides is 1. The van der Waals surface area contributed by atoms with Crippen LogP contribution in [0.15, 0.2) is 28.8 Å². The fourth-order valence-electron chi connectivity index (χ4n) is 3.20. The summed E-state index contributed by atoms with van der Waals surface area (Å²) in [5, 5.41) is 7.08. The SMILES string of the molecule is CCCNC(=O)C(C)N1CCN(Cc2nc(-c3ccc(C)cc3)no2)CC1. The highest BCUT2D eigenvalue weighted by Crippen LogP contribution is 2.17. The molecule has 2 aromatic rings. The van der Waals surface area contributed by atoms with E-state index in [9.17, 15) is 4.79 Å². The molecule has 7 heteroatoms. The van der Waals surface area contributed by atoms with Gasteiger partial charge in [-0.1, -0.05) is 41.9 Å². The van der Waals surface area contributed by atoms with Crippen molar-refractivity contribution < 1.29 is 9.32 Å². The van der Waals surface area contributed by atoms with Crippen molar-refractivity contribution in [3.63, 3.8) is 0 Å². The lowest BCUT2D eigenvalue weighted by molar-refractivity contribution is -0.126. The highest BCUT2D eigenvalue weighted by Gasteiger charge is 2.26. The maximum absolute atomic E-state index is 12.1. The first kappa shape index (κ1) is 19.5. The monoisotopic (exact) mass is 371 g/mol. The van der Waals surface area contributed by atoms with Gasteiger partial charge in [0.1, 0.15) is 0 Å². The Morgan fingerprint density at radius 1 is 1.22 bits per heavy atom. The van der Waals surface area contributed by atoms with Gasteiger partial charge < -0.3 is 9.84 Å². The summed E-state index contributed by atoms with van der Waals surface area (Å²) >= 11 is 0. The number of aromatic nitrogens is 2. The molecular weight excluding hydrogens is 342 g/mol. The number of piperazine rings is 1. The second-order valence-electron chi connectivity index (χ2n) is 7.16. The zero-order valence-electron chi connectivity index (χ0n) is 16.4. The summed E-state index contributed by atoms with van der Waals surface area (Å²) in [5.41, 5.74) is 2.17. The minimum Gasteiger partial charge on any atom is -0.355 e. The average molecular weight is 371 g/mol. The molecule has 27 heavy (non-hydrogen) atoms. The number of hydrogen-bond acceptors (Lipinski definition) is 6. The lowest BCUT2D eigenvalue weighted by Gasteiger charge is -2.36. The van der Waals surface area contributed by atoms with Gasteiger partial charge in [-0.2, -0.15) is 4.98 Å². The van der Waals surface area contributed by atoms with Gasteiger partial charge in [0.25, 0.3) is 0 Å². The molecule has 2 heterocycles. The first-order chi connectivity index (χ1) is 13.1. The standard InChI is InChI=1S/C20H29N5O2/c1-4-9-21-20(26)16(3)25-12-10-24(11-13-25)14-18-22-19(23-27-18)17-7-5-15(2)6-8-17/h5-8,16H,4,9-14H2,1-3H3,(H,21,26). The molecule has 0 radical (unpaired) electrons. The van der Waals surface area contributed by atoms with Crippen LogP contribution in [0.5, 0.6) is 0 Å². The van der Waals surface area contributed by atoms with E-state index in [1.165, 1.54) is 5.56 Å². The molecule has 0 bridgehead atoms. The van der Waals surface area contributed by atoms with Crippen molar-refractivity contribution in [1.29, 1.82) is 0 Å². The van der Waals surface area contributed by atoms with Crippen molar-refractivity contribution in [3.8, 4) is 11.4 Å². The Kier molecular flexibility index (Phi) is 6.58. The zero-order chi connectivity index (χ0) is 19.2. The van der Waals surface area contributed by atoms with Crippen LogP contribution in [-0.4, -0.2) is 64.6 Å². The van der Waals surface area contributed by atoms with Crippen LogP contribution in [0.4, 0.5) is 0 Å². The van der Waals surface area contributed by atoms with E-state index in [1.54, 1.807) is 0 Å². The quantitative estimate of drug-likeness (QED) is 0.803. The molecule has 0 spiro atoms. The molecule has 1 aliphatic heterocycles. The predicted molar refractivity (Wildman–Crippen MR) is 104 cm³/mol. The third-order valence-corrected chi connectivity index (χ3v) is 5.02. The maximum atomic E-state index is 12.1. The van der Waals surface area contributed by atoms with E-state index in [0.717, 1.165) is 44.7 Å². The van der Waals surface area contributed by atoms with E-state index in [0.29, 0.717) is 18.3 Å². The fraction of sp³-hybridized carbons (Fsp3) is 0.550. The summed E-state index contributed by atoms with van der Waals surface area (Å²) in [6, 6.07) is 8.02. The average Bonchev–Trinajstić information content (AvgIpc) is 3.15. The molecule has 0 aliphatic carbocycles. The molecule has 1 atom stereocenters. The fourth-order valence-corrected chi connectivity index (χ4v) is 3.20. The lowest BCUT2D eigenvalue weighted by Crippen LogP contribution is -2.53. The van der Waals surface area contributed by atoms with Crippen molar-refractivity contribution in [2.75, 3.05) is 32.7 Å². The third-order valence-electron chi connectivity index (χ3n) is 5.02. The first-order valence-electron chi connectivity index (χ1n) is 9.70. The molecule has 1 amide bonds. The molecule has 1 saturated heterocycles. The normalized spacial score (nSPS) is 17.0. The van der Waals surface area contributed by atoms with Crippen molar-refractivity contribution >= 4 is 5.91 Å². The Bertz CT molecular complexity index is 735. The summed E-state index contributed by atoms with van der Waals surface area (Å²) < 4.78 is 5.43. The molecule has 146 valence electrons. The van der Waals surface area contributed by atoms with Gasteiger partial charge in [0.2, 0.25) is 17.6 Å². The number of carbonyl (C=O) groups is 1. The highest BCUT2D eigenvalue weighted by atomic mass is 16.5. The van der Waals surface area contributed by atoms with E-state index in [4.69, 9.17) is 4.52 Å². The molecule has 1 unspecified atom stereocenters. The largest absolute Gasteiger partial charge is 0.355 e. The van der Waals surface area contributed by atoms with Gasteiger partial charge in [-0.15, -0.1) is 0 Å². The molecule has 3 rings (SSSR count). The number of carbonyl (C=O) groups excluding carboxylic acids is 1. The third kappa shape index (κ3) is 5.14. The van der Waals surface area contributed by atoms with Crippen LogP contribution in [0.2, 0.25) is 0 Å². The maximum Gasteiger partial charge on any atom is 0.241 e. The Hall–Kier alpha value is -2.25. The number of nitrogens with one attached hydrogen (secondary N) is 1. The van der Waals surface area contributed by atoms with Gasteiger partial charge >= 0.3 is 0 Å². The smallest absolute Gasteiger partial charge is 0.241 e. The zero-order valence-corrected chi connectivity index (χ0v) is 16.4. The summed E-state index contributed by atoms with van der Waals surface area (Å²) in [5.74, 6) is 1.38. The number of nitrogens with zero attached hydrogens (tertiary/aromatic N) is 4. The lowest BCUT2D eigenvalue weighted by atomic mass is 10.1. The van der Waals surface area contributed by atoms with Crippen LogP contribution >= 0.6 is 0 Å². The van der Waals surface area contributed by atoms with Crippen LogP contribution in [-0.2, 0) is 11.3 Å². The number of aryl methyl sites for hydroxylation is 1. The molecule has 1 aromatic carbocycles. The molecule has 7 nitrogen and oxygen atoms in total. The Balaban J connectivity index is 1.49. The minimum absolute atomic E-state index is 0.0877. The van der Waals surface area contributed by atoms with Gasteiger partial charge in [0.15, 0.2) is 0 Å². The second-order valence-corrected chi connectivity index (χ2v) is 7.16. The van der Waals surface area contributed by atoms with E-state index in [-0.39, 0.29) is 11.9 Å². The number of benzene rings is 1. The Labute approximate surface area is 160 Å². The molecule has 0 saturated carbocycles. The van der Waals surface area contributed by atoms with Gasteiger partial charge in [0.05, 0.1) is 12.6 Å². The van der Waals surface area contributed by atoms with Gasteiger partial charge in [0, 0.05) is 38.3 Å². The Morgan fingerprint density at radius 2 is 1.93 bits per heavy atom. The molecular formula is C20H29N5O2. The van der Waals surface area contributed by atoms with Crippen LogP contribution in [0.1, 0.15) is 31.7 Å². The molecule has 1 N–H and O–H groups in total. The van der Waals surface area contributed by atoms with Crippen molar-refractivity contribution in [2.24, 2.45) is 0 Å². The van der Waals surface area contributed by atoms with Crippen molar-refractivity contribution in [2.45, 2.75) is 39.8 Å². The summed E-state index contributed by atoms with van der Waals surface area (Å²) in [7, 11) is 0. The van der Waals surface area contributed by atoms with E-state index < -0.39 is 0 Å². The molecule has 1 aromatic heterocycles. The number of rotatable bonds is 7. The van der Waals surface area contributed by atoms with Crippen LogP contribution in [0.3, 0.4) is 0 Å². The summed E-state index contributed by atoms with van der Waals surface area (Å²) in [6.07, 6.45) is 0.959. The van der Waals surface area contributed by atoms with Gasteiger partial charge in [-0.25, -0.2) is 0 Å². The van der Waals surface area contributed by atoms with Gasteiger partial charge in [-0.3, -0.25) is 14.6 Å². The van der Waals surface area contributed by atoms with Gasteiger partial charge in [-0.05, 0) is 20.3 Å². The topological polar surface area (TPSA) is 74.5 Å². The predicted octanol–water partition coefficient (Wildman–Crippen LogP) is 2.08. The second kappa shape index (κ2) is 9.10. The first-order valence-corrected chi connectivity index (χ1v) is 9.70.